The van der Waals surface area contributed by atoms with Gasteiger partial charge in [-0.25, -0.2) is 0 Å². The van der Waals surface area contributed by atoms with Crippen molar-refractivity contribution >= 4 is 28.5 Å². The lowest BCUT2D eigenvalue weighted by atomic mass is 10.1. The van der Waals surface area contributed by atoms with E-state index in [4.69, 9.17) is 16.0 Å². The van der Waals surface area contributed by atoms with Crippen molar-refractivity contribution in [3.63, 3.8) is 0 Å². The summed E-state index contributed by atoms with van der Waals surface area (Å²) >= 11 is 5.92. The second-order valence-electron chi connectivity index (χ2n) is 5.44. The van der Waals surface area contributed by atoms with Crippen LogP contribution in [-0.4, -0.2) is 12.5 Å². The van der Waals surface area contributed by atoms with Gasteiger partial charge in [0, 0.05) is 10.4 Å². The predicted octanol–water partition coefficient (Wildman–Crippen LogP) is 5.18. The Morgan fingerprint density at radius 3 is 2.76 bits per heavy atom. The average Bonchev–Trinajstić information content (AvgIpc) is 2.97. The minimum atomic E-state index is -2.90. The number of carbonyl (C=O) groups excluding carboxylic acids is 1. The van der Waals surface area contributed by atoms with Gasteiger partial charge in [0.2, 0.25) is 0 Å². The number of hydrogen-bond donors (Lipinski definition) is 1. The molecule has 0 aliphatic heterocycles. The van der Waals surface area contributed by atoms with E-state index in [2.05, 4.69) is 10.1 Å². The molecule has 0 fully saturated rings. The second kappa shape index (κ2) is 7.11. The molecule has 130 valence electrons. The number of amides is 1. The molecule has 0 spiro atoms. The first-order valence-corrected chi connectivity index (χ1v) is 7.85. The van der Waals surface area contributed by atoms with Crippen molar-refractivity contribution in [2.75, 3.05) is 0 Å². The van der Waals surface area contributed by atoms with Crippen LogP contribution in [0, 0.1) is 0 Å². The fraction of sp³-hybridized carbons (Fsp3) is 0.167. The predicted molar refractivity (Wildman–Crippen MR) is 90.2 cm³/mol. The van der Waals surface area contributed by atoms with E-state index in [0.717, 1.165) is 5.39 Å². The highest BCUT2D eigenvalue weighted by molar-refractivity contribution is 6.31. The van der Waals surface area contributed by atoms with Crippen molar-refractivity contribution in [3.05, 3.63) is 64.9 Å². The number of hydrogen-bond acceptors (Lipinski definition) is 3. The monoisotopic (exact) mass is 365 g/mol. The zero-order valence-electron chi connectivity index (χ0n) is 13.1. The summed E-state index contributed by atoms with van der Waals surface area (Å²) in [7, 11) is 0. The van der Waals surface area contributed by atoms with Gasteiger partial charge in [0.15, 0.2) is 5.76 Å². The van der Waals surface area contributed by atoms with Crippen molar-refractivity contribution in [1.29, 1.82) is 0 Å². The van der Waals surface area contributed by atoms with Gasteiger partial charge in [-0.3, -0.25) is 4.79 Å². The molecule has 0 saturated carbocycles. The summed E-state index contributed by atoms with van der Waals surface area (Å²) in [5.41, 5.74) is 1.18. The molecule has 4 nitrogen and oxygen atoms in total. The third-order valence-electron chi connectivity index (χ3n) is 3.63. The summed E-state index contributed by atoms with van der Waals surface area (Å²) in [5.74, 6) is -0.240. The Morgan fingerprint density at radius 2 is 2.00 bits per heavy atom. The van der Waals surface area contributed by atoms with Crippen LogP contribution in [0.15, 0.2) is 52.9 Å². The minimum absolute atomic E-state index is 0.0342. The van der Waals surface area contributed by atoms with Crippen molar-refractivity contribution in [3.8, 4) is 5.75 Å². The Hall–Kier alpha value is -2.60. The standard InChI is InChI=1S/C18H14ClF2NO3/c1-10(11-3-2-4-14(8-11)24-18(20)21)22-17(23)16-9-12-7-13(19)5-6-15(12)25-16/h2-10,18H,1H3,(H,22,23). The van der Waals surface area contributed by atoms with Crippen LogP contribution in [-0.2, 0) is 0 Å². The third-order valence-corrected chi connectivity index (χ3v) is 3.87. The molecule has 1 aromatic heterocycles. The molecule has 3 rings (SSSR count). The normalized spacial score (nSPS) is 12.4. The molecule has 0 radical (unpaired) electrons. The van der Waals surface area contributed by atoms with E-state index in [0.29, 0.717) is 16.2 Å². The summed E-state index contributed by atoms with van der Waals surface area (Å²) < 4.78 is 34.5. The van der Waals surface area contributed by atoms with Gasteiger partial charge in [0.25, 0.3) is 5.91 Å². The van der Waals surface area contributed by atoms with Gasteiger partial charge in [-0.15, -0.1) is 0 Å². The minimum Gasteiger partial charge on any atom is -0.451 e. The average molecular weight is 366 g/mol. The van der Waals surface area contributed by atoms with Crippen molar-refractivity contribution in [2.24, 2.45) is 0 Å². The van der Waals surface area contributed by atoms with Gasteiger partial charge in [0.05, 0.1) is 6.04 Å². The highest BCUT2D eigenvalue weighted by atomic mass is 35.5. The number of furan rings is 1. The lowest BCUT2D eigenvalue weighted by Gasteiger charge is -2.14. The van der Waals surface area contributed by atoms with Crippen molar-refractivity contribution in [1.82, 2.24) is 5.32 Å². The molecule has 1 atom stereocenters. The number of alkyl halides is 2. The van der Waals surface area contributed by atoms with E-state index in [1.54, 1.807) is 43.3 Å². The van der Waals surface area contributed by atoms with Gasteiger partial charge in [-0.2, -0.15) is 8.78 Å². The van der Waals surface area contributed by atoms with Crippen LogP contribution in [0.2, 0.25) is 5.02 Å². The highest BCUT2D eigenvalue weighted by Crippen LogP contribution is 2.24. The molecule has 0 bridgehead atoms. The van der Waals surface area contributed by atoms with Gasteiger partial charge < -0.3 is 14.5 Å². The molecular formula is C18H14ClF2NO3. The number of benzene rings is 2. The van der Waals surface area contributed by atoms with E-state index in [1.807, 2.05) is 0 Å². The number of carbonyl (C=O) groups is 1. The fourth-order valence-electron chi connectivity index (χ4n) is 2.44. The first-order valence-electron chi connectivity index (χ1n) is 7.47. The Morgan fingerprint density at radius 1 is 1.20 bits per heavy atom. The Kier molecular flexibility index (Phi) is 4.90. The quantitative estimate of drug-likeness (QED) is 0.678. The van der Waals surface area contributed by atoms with Crippen LogP contribution in [0.4, 0.5) is 8.78 Å². The van der Waals surface area contributed by atoms with Gasteiger partial charge >= 0.3 is 6.61 Å². The molecule has 0 saturated heterocycles. The van der Waals surface area contributed by atoms with Crippen molar-refractivity contribution < 1.29 is 22.7 Å². The molecule has 1 N–H and O–H groups in total. The smallest absolute Gasteiger partial charge is 0.387 e. The Labute approximate surface area is 147 Å². The van der Waals surface area contributed by atoms with E-state index in [1.165, 1.54) is 12.1 Å². The Bertz CT molecular complexity index is 910. The number of fused-ring (bicyclic) bond motifs is 1. The van der Waals surface area contributed by atoms with Crippen LogP contribution in [0.5, 0.6) is 5.75 Å². The molecule has 1 heterocycles. The molecule has 0 aliphatic rings. The van der Waals surface area contributed by atoms with Crippen LogP contribution < -0.4 is 10.1 Å². The summed E-state index contributed by atoms with van der Waals surface area (Å²) in [6.45, 7) is -1.17. The van der Waals surface area contributed by atoms with Gasteiger partial charge in [-0.1, -0.05) is 23.7 Å². The molecule has 2 aromatic carbocycles. The molecule has 1 amide bonds. The van der Waals surface area contributed by atoms with E-state index in [-0.39, 0.29) is 11.5 Å². The van der Waals surface area contributed by atoms with E-state index in [9.17, 15) is 13.6 Å². The van der Waals surface area contributed by atoms with Gasteiger partial charge in [-0.05, 0) is 48.9 Å². The third kappa shape index (κ3) is 4.09. The fourth-order valence-corrected chi connectivity index (χ4v) is 2.62. The number of rotatable bonds is 5. The number of ether oxygens (including phenoxy) is 1. The van der Waals surface area contributed by atoms with Gasteiger partial charge in [0.1, 0.15) is 11.3 Å². The van der Waals surface area contributed by atoms with E-state index < -0.39 is 18.6 Å². The van der Waals surface area contributed by atoms with Crippen LogP contribution >= 0.6 is 11.6 Å². The maximum Gasteiger partial charge on any atom is 0.387 e. The first-order chi connectivity index (χ1) is 11.9. The summed E-state index contributed by atoms with van der Waals surface area (Å²) in [6, 6.07) is 12.4. The zero-order chi connectivity index (χ0) is 18.0. The van der Waals surface area contributed by atoms with Crippen LogP contribution in [0.25, 0.3) is 11.0 Å². The Balaban J connectivity index is 1.75. The van der Waals surface area contributed by atoms with E-state index >= 15 is 0 Å². The molecule has 3 aromatic rings. The maximum absolute atomic E-state index is 12.4. The van der Waals surface area contributed by atoms with Crippen molar-refractivity contribution in [2.45, 2.75) is 19.6 Å². The summed E-state index contributed by atoms with van der Waals surface area (Å²) in [5, 5.41) is 4.03. The SMILES string of the molecule is CC(NC(=O)c1cc2cc(Cl)ccc2o1)c1cccc(OC(F)F)c1. The lowest BCUT2D eigenvalue weighted by molar-refractivity contribution is -0.0499. The highest BCUT2D eigenvalue weighted by Gasteiger charge is 2.16. The molecule has 7 heteroatoms. The lowest BCUT2D eigenvalue weighted by Crippen LogP contribution is -2.26. The van der Waals surface area contributed by atoms with Crippen LogP contribution in [0.1, 0.15) is 29.1 Å². The summed E-state index contributed by atoms with van der Waals surface area (Å²) in [6.07, 6.45) is 0. The molecule has 25 heavy (non-hydrogen) atoms. The maximum atomic E-state index is 12.4. The molecular weight excluding hydrogens is 352 g/mol. The largest absolute Gasteiger partial charge is 0.451 e. The number of halogens is 3. The molecule has 1 unspecified atom stereocenters. The molecule has 0 aliphatic carbocycles. The second-order valence-corrected chi connectivity index (χ2v) is 5.88. The topological polar surface area (TPSA) is 51.5 Å². The summed E-state index contributed by atoms with van der Waals surface area (Å²) in [4.78, 5) is 12.4. The number of nitrogens with one attached hydrogen (secondary N) is 1. The van der Waals surface area contributed by atoms with Crippen LogP contribution in [0.3, 0.4) is 0 Å². The first kappa shape index (κ1) is 17.2. The zero-order valence-corrected chi connectivity index (χ0v) is 13.9.